The molecule has 5 heteroatoms. The average molecular weight is 288 g/mol. The van der Waals surface area contributed by atoms with Crippen LogP contribution >= 0.6 is 11.6 Å². The Morgan fingerprint density at radius 1 is 1.32 bits per heavy atom. The van der Waals surface area contributed by atoms with Crippen molar-refractivity contribution in [2.75, 3.05) is 34.0 Å². The number of hydrogen-bond donors (Lipinski definition) is 1. The maximum atomic E-state index is 6.18. The Bertz CT molecular complexity index is 374. The zero-order valence-electron chi connectivity index (χ0n) is 11.7. The second-order valence-electron chi connectivity index (χ2n) is 4.25. The zero-order chi connectivity index (χ0) is 14.1. The number of ether oxygens (including phenoxy) is 3. The van der Waals surface area contributed by atoms with Gasteiger partial charge in [-0.25, -0.2) is 0 Å². The Morgan fingerprint density at radius 3 is 2.79 bits per heavy atom. The van der Waals surface area contributed by atoms with Gasteiger partial charge in [0.25, 0.3) is 0 Å². The fraction of sp³-hybridized carbons (Fsp3) is 0.571. The Hall–Kier alpha value is -0.810. The molecule has 0 heterocycles. The van der Waals surface area contributed by atoms with Gasteiger partial charge in [-0.15, -0.1) is 0 Å². The van der Waals surface area contributed by atoms with Crippen molar-refractivity contribution in [3.05, 3.63) is 28.8 Å². The minimum atomic E-state index is 0.0329. The first-order valence-corrected chi connectivity index (χ1v) is 6.69. The number of rotatable bonds is 9. The van der Waals surface area contributed by atoms with Crippen LogP contribution < -0.4 is 10.1 Å². The van der Waals surface area contributed by atoms with Crippen molar-refractivity contribution in [3.8, 4) is 5.75 Å². The summed E-state index contributed by atoms with van der Waals surface area (Å²) >= 11 is 6.18. The largest absolute Gasteiger partial charge is 0.489 e. The highest BCUT2D eigenvalue weighted by Crippen LogP contribution is 2.28. The molecule has 0 aliphatic rings. The fourth-order valence-electron chi connectivity index (χ4n) is 1.52. The predicted molar refractivity (Wildman–Crippen MR) is 77.0 cm³/mol. The van der Waals surface area contributed by atoms with Crippen molar-refractivity contribution in [2.24, 2.45) is 0 Å². The van der Waals surface area contributed by atoms with E-state index in [0.29, 0.717) is 24.8 Å². The molecule has 0 bridgehead atoms. The summed E-state index contributed by atoms with van der Waals surface area (Å²) in [5.74, 6) is 0.720. The molecule has 1 atom stereocenters. The van der Waals surface area contributed by atoms with Gasteiger partial charge in [0.1, 0.15) is 12.4 Å². The Labute approximate surface area is 120 Å². The molecule has 1 rings (SSSR count). The zero-order valence-corrected chi connectivity index (χ0v) is 12.5. The van der Waals surface area contributed by atoms with E-state index in [2.05, 4.69) is 5.32 Å². The van der Waals surface area contributed by atoms with Crippen LogP contribution in [0.15, 0.2) is 18.2 Å². The van der Waals surface area contributed by atoms with Gasteiger partial charge in [0.15, 0.2) is 0 Å². The summed E-state index contributed by atoms with van der Waals surface area (Å²) in [5, 5.41) is 3.90. The highest BCUT2D eigenvalue weighted by molar-refractivity contribution is 6.32. The lowest BCUT2D eigenvalue weighted by Crippen LogP contribution is -2.20. The van der Waals surface area contributed by atoms with Gasteiger partial charge in [-0.05, 0) is 13.0 Å². The third kappa shape index (κ3) is 5.78. The lowest BCUT2D eigenvalue weighted by atomic mass is 10.2. The van der Waals surface area contributed by atoms with Crippen LogP contribution in [0.3, 0.4) is 0 Å². The van der Waals surface area contributed by atoms with E-state index in [4.69, 9.17) is 25.8 Å². The van der Waals surface area contributed by atoms with Crippen molar-refractivity contribution in [3.63, 3.8) is 0 Å². The maximum Gasteiger partial charge on any atom is 0.142 e. The van der Waals surface area contributed by atoms with Gasteiger partial charge in [0, 0.05) is 32.9 Å². The Morgan fingerprint density at radius 2 is 2.11 bits per heavy atom. The van der Waals surface area contributed by atoms with Gasteiger partial charge in [-0.2, -0.15) is 0 Å². The fourth-order valence-corrected chi connectivity index (χ4v) is 1.77. The van der Waals surface area contributed by atoms with E-state index >= 15 is 0 Å². The molecular weight excluding hydrogens is 266 g/mol. The number of benzene rings is 1. The molecule has 0 aliphatic heterocycles. The summed E-state index contributed by atoms with van der Waals surface area (Å²) in [6, 6.07) is 5.74. The Kier molecular flexibility index (Phi) is 7.82. The topological polar surface area (TPSA) is 39.7 Å². The van der Waals surface area contributed by atoms with Gasteiger partial charge in [0.05, 0.1) is 17.7 Å². The van der Waals surface area contributed by atoms with E-state index in [9.17, 15) is 0 Å². The molecule has 1 aromatic rings. The molecule has 0 radical (unpaired) electrons. The summed E-state index contributed by atoms with van der Waals surface area (Å²) in [7, 11) is 3.34. The Balaban J connectivity index is 2.61. The third-order valence-corrected chi connectivity index (χ3v) is 3.01. The summed E-state index contributed by atoms with van der Waals surface area (Å²) in [5.41, 5.74) is 1.03. The van der Waals surface area contributed by atoms with Crippen molar-refractivity contribution in [1.82, 2.24) is 5.32 Å². The SMILES string of the molecule is COCCNCc1cccc(Cl)c1OCC(C)OC. The van der Waals surface area contributed by atoms with E-state index in [-0.39, 0.29) is 6.10 Å². The molecule has 0 spiro atoms. The molecule has 0 amide bonds. The molecule has 4 nitrogen and oxygen atoms in total. The van der Waals surface area contributed by atoms with Crippen LogP contribution in [0.25, 0.3) is 0 Å². The first-order valence-electron chi connectivity index (χ1n) is 6.31. The number of hydrogen-bond acceptors (Lipinski definition) is 4. The molecule has 0 saturated carbocycles. The number of para-hydroxylation sites is 1. The molecule has 1 N–H and O–H groups in total. The van der Waals surface area contributed by atoms with Crippen LogP contribution in [-0.2, 0) is 16.0 Å². The number of halogens is 1. The molecule has 1 aromatic carbocycles. The first kappa shape index (κ1) is 16.2. The molecule has 1 unspecified atom stereocenters. The standard InChI is InChI=1S/C14H22ClNO3/c1-11(18-3)10-19-14-12(5-4-6-13(14)15)9-16-7-8-17-2/h4-6,11,16H,7-10H2,1-3H3. The quantitative estimate of drug-likeness (QED) is 0.709. The highest BCUT2D eigenvalue weighted by atomic mass is 35.5. The maximum absolute atomic E-state index is 6.18. The van der Waals surface area contributed by atoms with Gasteiger partial charge < -0.3 is 19.5 Å². The van der Waals surface area contributed by atoms with Crippen LogP contribution in [0.2, 0.25) is 5.02 Å². The smallest absolute Gasteiger partial charge is 0.142 e. The number of nitrogens with one attached hydrogen (secondary N) is 1. The van der Waals surface area contributed by atoms with E-state index in [1.54, 1.807) is 14.2 Å². The van der Waals surface area contributed by atoms with Gasteiger partial charge in [0.2, 0.25) is 0 Å². The summed E-state index contributed by atoms with van der Waals surface area (Å²) < 4.78 is 15.9. The summed E-state index contributed by atoms with van der Waals surface area (Å²) in [4.78, 5) is 0. The van der Waals surface area contributed by atoms with E-state index in [1.807, 2.05) is 25.1 Å². The summed E-state index contributed by atoms with van der Waals surface area (Å²) in [6.45, 7) is 4.59. The monoisotopic (exact) mass is 287 g/mol. The average Bonchev–Trinajstić information content (AvgIpc) is 2.42. The normalized spacial score (nSPS) is 12.4. The van der Waals surface area contributed by atoms with Gasteiger partial charge >= 0.3 is 0 Å². The van der Waals surface area contributed by atoms with Gasteiger partial charge in [-0.1, -0.05) is 23.7 Å². The minimum Gasteiger partial charge on any atom is -0.489 e. The van der Waals surface area contributed by atoms with Crippen molar-refractivity contribution in [2.45, 2.75) is 19.6 Å². The van der Waals surface area contributed by atoms with Crippen LogP contribution in [0.1, 0.15) is 12.5 Å². The molecule has 0 fully saturated rings. The molecule has 108 valence electrons. The van der Waals surface area contributed by atoms with E-state index < -0.39 is 0 Å². The van der Waals surface area contributed by atoms with Crippen molar-refractivity contribution >= 4 is 11.6 Å². The van der Waals surface area contributed by atoms with Crippen LogP contribution in [0.5, 0.6) is 5.75 Å². The van der Waals surface area contributed by atoms with Gasteiger partial charge in [-0.3, -0.25) is 0 Å². The third-order valence-electron chi connectivity index (χ3n) is 2.71. The molecule has 0 aromatic heterocycles. The first-order chi connectivity index (χ1) is 9.19. The van der Waals surface area contributed by atoms with E-state index in [1.165, 1.54) is 0 Å². The van der Waals surface area contributed by atoms with Crippen molar-refractivity contribution < 1.29 is 14.2 Å². The second-order valence-corrected chi connectivity index (χ2v) is 4.66. The van der Waals surface area contributed by atoms with Crippen LogP contribution in [0.4, 0.5) is 0 Å². The summed E-state index contributed by atoms with van der Waals surface area (Å²) in [6.07, 6.45) is 0.0329. The molecule has 0 aliphatic carbocycles. The van der Waals surface area contributed by atoms with Crippen LogP contribution in [-0.4, -0.2) is 40.1 Å². The van der Waals surface area contributed by atoms with E-state index in [0.717, 1.165) is 17.9 Å². The lowest BCUT2D eigenvalue weighted by Gasteiger charge is -2.16. The molecular formula is C14H22ClNO3. The number of methoxy groups -OCH3 is 2. The predicted octanol–water partition coefficient (Wildman–Crippen LogP) is 2.49. The lowest BCUT2D eigenvalue weighted by molar-refractivity contribution is 0.0713. The molecule has 0 saturated heterocycles. The van der Waals surface area contributed by atoms with Crippen LogP contribution in [0, 0.1) is 0 Å². The molecule has 19 heavy (non-hydrogen) atoms. The minimum absolute atomic E-state index is 0.0329. The second kappa shape index (κ2) is 9.15. The highest BCUT2D eigenvalue weighted by Gasteiger charge is 2.10. The van der Waals surface area contributed by atoms with Crippen molar-refractivity contribution in [1.29, 1.82) is 0 Å².